The maximum absolute atomic E-state index is 12.8. The third-order valence-electron chi connectivity index (χ3n) is 4.54. The Balaban J connectivity index is 1.70. The SMILES string of the molecule is O=C(O)c1nc(-c2ccc(C(F)(F)F)cc2)sc1-c1ccc(-c2ccccc2)cc1. The van der Waals surface area contributed by atoms with Gasteiger partial charge in [-0.2, -0.15) is 13.2 Å². The number of aromatic nitrogens is 1. The number of benzene rings is 3. The highest BCUT2D eigenvalue weighted by atomic mass is 32.1. The van der Waals surface area contributed by atoms with Crippen molar-refractivity contribution in [3.63, 3.8) is 0 Å². The van der Waals surface area contributed by atoms with Crippen LogP contribution in [-0.4, -0.2) is 16.1 Å². The molecule has 0 saturated heterocycles. The largest absolute Gasteiger partial charge is 0.476 e. The average molecular weight is 425 g/mol. The van der Waals surface area contributed by atoms with Crippen molar-refractivity contribution in [1.29, 1.82) is 0 Å². The molecular formula is C23H14F3NO2S. The Labute approximate surface area is 174 Å². The average Bonchev–Trinajstić information content (AvgIpc) is 3.20. The van der Waals surface area contributed by atoms with Crippen molar-refractivity contribution in [2.24, 2.45) is 0 Å². The summed E-state index contributed by atoms with van der Waals surface area (Å²) in [5.41, 5.74) is 2.26. The molecule has 0 aliphatic carbocycles. The zero-order valence-electron chi connectivity index (χ0n) is 15.4. The number of hydrogen-bond donors (Lipinski definition) is 1. The van der Waals surface area contributed by atoms with Crippen molar-refractivity contribution in [3.05, 3.63) is 90.1 Å². The van der Waals surface area contributed by atoms with Crippen molar-refractivity contribution < 1.29 is 23.1 Å². The van der Waals surface area contributed by atoms with E-state index >= 15 is 0 Å². The second kappa shape index (κ2) is 7.76. The van der Waals surface area contributed by atoms with Gasteiger partial charge in [-0.3, -0.25) is 0 Å². The number of halogens is 3. The molecular weight excluding hydrogens is 411 g/mol. The quantitative estimate of drug-likeness (QED) is 0.389. The van der Waals surface area contributed by atoms with Crippen LogP contribution in [0.1, 0.15) is 16.1 Å². The first kappa shape index (κ1) is 19.8. The molecule has 7 heteroatoms. The Morgan fingerprint density at radius 3 is 1.87 bits per heavy atom. The number of aromatic carboxylic acids is 1. The van der Waals surface area contributed by atoms with Gasteiger partial charge in [0.25, 0.3) is 0 Å². The second-order valence-corrected chi connectivity index (χ2v) is 7.52. The smallest absolute Gasteiger partial charge is 0.416 e. The number of rotatable bonds is 4. The number of alkyl halides is 3. The van der Waals surface area contributed by atoms with Crippen molar-refractivity contribution in [3.8, 4) is 32.1 Å². The van der Waals surface area contributed by atoms with Gasteiger partial charge in [-0.25, -0.2) is 9.78 Å². The number of carboxylic acid groups (broad SMARTS) is 1. The Kier molecular flexibility index (Phi) is 5.13. The second-order valence-electron chi connectivity index (χ2n) is 6.52. The van der Waals surface area contributed by atoms with Crippen LogP contribution in [0.5, 0.6) is 0 Å². The normalized spacial score (nSPS) is 11.4. The molecule has 3 aromatic carbocycles. The number of hydrogen-bond acceptors (Lipinski definition) is 3. The van der Waals surface area contributed by atoms with Crippen molar-refractivity contribution in [2.75, 3.05) is 0 Å². The van der Waals surface area contributed by atoms with Crippen LogP contribution in [0.15, 0.2) is 78.9 Å². The lowest BCUT2D eigenvalue weighted by atomic mass is 10.0. The fourth-order valence-electron chi connectivity index (χ4n) is 3.03. The van der Waals surface area contributed by atoms with Crippen LogP contribution in [0, 0.1) is 0 Å². The first-order valence-electron chi connectivity index (χ1n) is 8.90. The summed E-state index contributed by atoms with van der Waals surface area (Å²) in [6, 6.07) is 21.7. The molecule has 0 bridgehead atoms. The number of thiazole rings is 1. The summed E-state index contributed by atoms with van der Waals surface area (Å²) in [5.74, 6) is -1.19. The van der Waals surface area contributed by atoms with E-state index in [1.165, 1.54) is 12.1 Å². The molecule has 0 fully saturated rings. The van der Waals surface area contributed by atoms with Gasteiger partial charge in [-0.05, 0) is 28.8 Å². The van der Waals surface area contributed by atoms with Crippen LogP contribution >= 0.6 is 11.3 Å². The Morgan fingerprint density at radius 2 is 1.30 bits per heavy atom. The molecule has 1 heterocycles. The molecule has 150 valence electrons. The lowest BCUT2D eigenvalue weighted by Crippen LogP contribution is -2.04. The van der Waals surface area contributed by atoms with Gasteiger partial charge in [0.05, 0.1) is 10.4 Å². The van der Waals surface area contributed by atoms with Crippen LogP contribution in [0.2, 0.25) is 0 Å². The highest BCUT2D eigenvalue weighted by molar-refractivity contribution is 7.18. The molecule has 4 rings (SSSR count). The minimum Gasteiger partial charge on any atom is -0.476 e. The molecule has 4 aromatic rings. The van der Waals surface area contributed by atoms with E-state index in [0.717, 1.165) is 34.6 Å². The minimum atomic E-state index is -4.43. The monoisotopic (exact) mass is 425 g/mol. The van der Waals surface area contributed by atoms with E-state index in [0.29, 0.717) is 21.0 Å². The predicted molar refractivity (Wildman–Crippen MR) is 110 cm³/mol. The van der Waals surface area contributed by atoms with Gasteiger partial charge >= 0.3 is 12.1 Å². The highest BCUT2D eigenvalue weighted by Crippen LogP contribution is 2.37. The summed E-state index contributed by atoms with van der Waals surface area (Å²) >= 11 is 1.14. The Hall–Kier alpha value is -3.45. The van der Waals surface area contributed by atoms with Crippen molar-refractivity contribution >= 4 is 17.3 Å². The molecule has 0 spiro atoms. The minimum absolute atomic E-state index is 0.123. The molecule has 0 aliphatic rings. The third kappa shape index (κ3) is 3.97. The van der Waals surface area contributed by atoms with Crippen molar-refractivity contribution in [2.45, 2.75) is 6.18 Å². The molecule has 1 N–H and O–H groups in total. The van der Waals surface area contributed by atoms with E-state index in [1.54, 1.807) is 0 Å². The molecule has 30 heavy (non-hydrogen) atoms. The molecule has 3 nitrogen and oxygen atoms in total. The number of carbonyl (C=O) groups is 1. The van der Waals surface area contributed by atoms with Crippen LogP contribution < -0.4 is 0 Å². The van der Waals surface area contributed by atoms with Crippen molar-refractivity contribution in [1.82, 2.24) is 4.98 Å². The van der Waals surface area contributed by atoms with E-state index in [9.17, 15) is 23.1 Å². The molecule has 0 unspecified atom stereocenters. The van der Waals surface area contributed by atoms with E-state index in [1.807, 2.05) is 54.6 Å². The van der Waals surface area contributed by atoms with E-state index in [-0.39, 0.29) is 5.69 Å². The fraction of sp³-hybridized carbons (Fsp3) is 0.0435. The van der Waals surface area contributed by atoms with Crippen LogP contribution in [0.3, 0.4) is 0 Å². The van der Waals surface area contributed by atoms with E-state index in [2.05, 4.69) is 4.98 Å². The summed E-state index contributed by atoms with van der Waals surface area (Å²) in [4.78, 5) is 16.3. The standard InChI is InChI=1S/C23H14F3NO2S/c24-23(25,26)18-12-10-17(11-13-18)21-27-19(22(28)29)20(30-21)16-8-6-15(7-9-16)14-4-2-1-3-5-14/h1-13H,(H,28,29). The summed E-state index contributed by atoms with van der Waals surface area (Å²) in [5, 5.41) is 9.92. The van der Waals surface area contributed by atoms with Gasteiger partial charge in [0.15, 0.2) is 5.69 Å². The third-order valence-corrected chi connectivity index (χ3v) is 5.70. The van der Waals surface area contributed by atoms with Gasteiger partial charge in [0.2, 0.25) is 0 Å². The predicted octanol–water partition coefficient (Wildman–Crippen LogP) is 6.86. The van der Waals surface area contributed by atoms with E-state index < -0.39 is 17.7 Å². The van der Waals surface area contributed by atoms with Gasteiger partial charge in [0, 0.05) is 5.56 Å². The van der Waals surface area contributed by atoms with Gasteiger partial charge < -0.3 is 5.11 Å². The van der Waals surface area contributed by atoms with Gasteiger partial charge in [-0.15, -0.1) is 11.3 Å². The molecule has 0 amide bonds. The summed E-state index contributed by atoms with van der Waals surface area (Å²) < 4.78 is 38.3. The number of carboxylic acids is 1. The molecule has 0 aliphatic heterocycles. The molecule has 0 saturated carbocycles. The summed E-state index contributed by atoms with van der Waals surface area (Å²) in [6.45, 7) is 0. The van der Waals surface area contributed by atoms with E-state index in [4.69, 9.17) is 0 Å². The summed E-state index contributed by atoms with van der Waals surface area (Å²) in [6.07, 6.45) is -4.43. The highest BCUT2D eigenvalue weighted by Gasteiger charge is 2.30. The molecule has 0 atom stereocenters. The lowest BCUT2D eigenvalue weighted by Gasteiger charge is -2.06. The summed E-state index contributed by atoms with van der Waals surface area (Å²) in [7, 11) is 0. The first-order chi connectivity index (χ1) is 14.3. The van der Waals surface area contributed by atoms with Crippen LogP contribution in [0.25, 0.3) is 32.1 Å². The Bertz CT molecular complexity index is 1180. The van der Waals surface area contributed by atoms with Crippen LogP contribution in [-0.2, 0) is 6.18 Å². The van der Waals surface area contributed by atoms with Gasteiger partial charge in [-0.1, -0.05) is 66.7 Å². The van der Waals surface area contributed by atoms with Gasteiger partial charge in [0.1, 0.15) is 5.01 Å². The topological polar surface area (TPSA) is 50.2 Å². The maximum Gasteiger partial charge on any atom is 0.416 e. The lowest BCUT2D eigenvalue weighted by molar-refractivity contribution is -0.137. The maximum atomic E-state index is 12.8. The first-order valence-corrected chi connectivity index (χ1v) is 9.72. The number of nitrogens with zero attached hydrogens (tertiary/aromatic N) is 1. The fourth-order valence-corrected chi connectivity index (χ4v) is 4.10. The zero-order valence-corrected chi connectivity index (χ0v) is 16.2. The Morgan fingerprint density at radius 1 is 0.767 bits per heavy atom. The molecule has 0 radical (unpaired) electrons. The zero-order chi connectivity index (χ0) is 21.3. The van der Waals surface area contributed by atoms with Crippen LogP contribution in [0.4, 0.5) is 13.2 Å². The molecule has 1 aromatic heterocycles.